The fraction of sp³-hybridized carbons (Fsp3) is 0.545. The van der Waals surface area contributed by atoms with Gasteiger partial charge in [0.2, 0.25) is 0 Å². The van der Waals surface area contributed by atoms with Gasteiger partial charge in [-0.15, -0.1) is 12.4 Å². The number of aromatic nitrogens is 4. The van der Waals surface area contributed by atoms with Gasteiger partial charge in [-0.3, -0.25) is 4.68 Å². The van der Waals surface area contributed by atoms with Gasteiger partial charge >= 0.3 is 0 Å². The molecule has 18 heavy (non-hydrogen) atoms. The van der Waals surface area contributed by atoms with Crippen molar-refractivity contribution in [3.63, 3.8) is 0 Å². The van der Waals surface area contributed by atoms with Crippen LogP contribution in [0.15, 0.2) is 10.6 Å². The summed E-state index contributed by atoms with van der Waals surface area (Å²) in [5, 5.41) is 11.4. The fourth-order valence-electron chi connectivity index (χ4n) is 1.63. The van der Waals surface area contributed by atoms with Crippen molar-refractivity contribution in [2.24, 2.45) is 7.05 Å². The Morgan fingerprint density at radius 1 is 1.50 bits per heavy atom. The predicted octanol–water partition coefficient (Wildman–Crippen LogP) is 1.35. The molecule has 0 bridgehead atoms. The molecule has 2 aromatic heterocycles. The molecule has 0 aromatic carbocycles. The first kappa shape index (κ1) is 14.7. The lowest BCUT2D eigenvalue weighted by Crippen LogP contribution is -2.24. The molecule has 1 unspecified atom stereocenters. The first-order chi connectivity index (χ1) is 8.10. The van der Waals surface area contributed by atoms with Gasteiger partial charge < -0.3 is 9.84 Å². The molecule has 6 nitrogen and oxygen atoms in total. The zero-order chi connectivity index (χ0) is 12.4. The Morgan fingerprint density at radius 3 is 2.78 bits per heavy atom. The molecule has 1 N–H and O–H groups in total. The molecule has 0 aliphatic rings. The summed E-state index contributed by atoms with van der Waals surface area (Å²) in [6.45, 7) is 4.01. The Hall–Kier alpha value is -1.40. The summed E-state index contributed by atoms with van der Waals surface area (Å²) in [5.74, 6) is 1.23. The minimum atomic E-state index is 0. The van der Waals surface area contributed by atoms with Gasteiger partial charge in [-0.05, 0) is 27.0 Å². The van der Waals surface area contributed by atoms with Gasteiger partial charge in [-0.25, -0.2) is 0 Å². The number of nitrogens with zero attached hydrogens (tertiary/aromatic N) is 4. The van der Waals surface area contributed by atoms with Crippen LogP contribution < -0.4 is 5.32 Å². The monoisotopic (exact) mass is 271 g/mol. The SMILES string of the molecule is CNC(C)Cc1noc(-c2cc(C)nn2C)n1.Cl. The zero-order valence-corrected chi connectivity index (χ0v) is 11.8. The van der Waals surface area contributed by atoms with E-state index in [1.54, 1.807) is 4.68 Å². The van der Waals surface area contributed by atoms with Crippen molar-refractivity contribution < 1.29 is 4.52 Å². The predicted molar refractivity (Wildman–Crippen MR) is 70.7 cm³/mol. The van der Waals surface area contributed by atoms with Crippen molar-refractivity contribution in [3.8, 4) is 11.6 Å². The van der Waals surface area contributed by atoms with Crippen molar-refractivity contribution >= 4 is 12.4 Å². The largest absolute Gasteiger partial charge is 0.332 e. The lowest BCUT2D eigenvalue weighted by molar-refractivity contribution is 0.415. The number of hydrogen-bond donors (Lipinski definition) is 1. The molecule has 7 heteroatoms. The highest BCUT2D eigenvalue weighted by Gasteiger charge is 2.14. The molecule has 0 spiro atoms. The average molecular weight is 272 g/mol. The van der Waals surface area contributed by atoms with E-state index in [1.165, 1.54) is 0 Å². The van der Waals surface area contributed by atoms with E-state index in [0.29, 0.717) is 17.8 Å². The first-order valence-electron chi connectivity index (χ1n) is 5.61. The molecule has 2 rings (SSSR count). The van der Waals surface area contributed by atoms with Crippen LogP contribution in [0, 0.1) is 6.92 Å². The topological polar surface area (TPSA) is 68.8 Å². The van der Waals surface area contributed by atoms with E-state index in [-0.39, 0.29) is 12.4 Å². The summed E-state index contributed by atoms with van der Waals surface area (Å²) >= 11 is 0. The van der Waals surface area contributed by atoms with Crippen molar-refractivity contribution in [2.75, 3.05) is 7.05 Å². The highest BCUT2D eigenvalue weighted by atomic mass is 35.5. The van der Waals surface area contributed by atoms with E-state index in [1.807, 2.05) is 27.1 Å². The number of aryl methyl sites for hydroxylation is 2. The summed E-state index contributed by atoms with van der Waals surface area (Å²) in [5.41, 5.74) is 1.78. The van der Waals surface area contributed by atoms with Gasteiger partial charge in [-0.1, -0.05) is 5.16 Å². The Labute approximate surface area is 112 Å². The number of rotatable bonds is 4. The van der Waals surface area contributed by atoms with E-state index < -0.39 is 0 Å². The molecule has 2 aromatic rings. The van der Waals surface area contributed by atoms with Crippen LogP contribution in [0.2, 0.25) is 0 Å². The lowest BCUT2D eigenvalue weighted by atomic mass is 10.2. The Morgan fingerprint density at radius 2 is 2.22 bits per heavy atom. The number of likely N-dealkylation sites (N-methyl/N-ethyl adjacent to an activating group) is 1. The summed E-state index contributed by atoms with van der Waals surface area (Å²) in [7, 11) is 3.78. The van der Waals surface area contributed by atoms with Gasteiger partial charge in [0.15, 0.2) is 5.82 Å². The van der Waals surface area contributed by atoms with Gasteiger partial charge in [0, 0.05) is 19.5 Å². The molecular formula is C11H18ClN5O. The number of hydrogen-bond acceptors (Lipinski definition) is 5. The third-order valence-electron chi connectivity index (χ3n) is 2.67. The van der Waals surface area contributed by atoms with Crippen LogP contribution in [-0.2, 0) is 13.5 Å². The molecule has 0 aliphatic carbocycles. The Balaban J connectivity index is 0.00000162. The summed E-state index contributed by atoms with van der Waals surface area (Å²) in [6, 6.07) is 2.26. The molecule has 1 atom stereocenters. The van der Waals surface area contributed by atoms with Gasteiger partial charge in [-0.2, -0.15) is 10.1 Å². The van der Waals surface area contributed by atoms with Crippen molar-refractivity contribution in [3.05, 3.63) is 17.6 Å². The molecule has 0 fully saturated rings. The molecule has 0 saturated heterocycles. The number of nitrogens with one attached hydrogen (secondary N) is 1. The third kappa shape index (κ3) is 3.08. The summed E-state index contributed by atoms with van der Waals surface area (Å²) in [4.78, 5) is 4.36. The van der Waals surface area contributed by atoms with Crippen LogP contribution in [0.1, 0.15) is 18.4 Å². The van der Waals surface area contributed by atoms with Crippen LogP contribution in [0.25, 0.3) is 11.6 Å². The lowest BCUT2D eigenvalue weighted by Gasteiger charge is -2.04. The highest BCUT2D eigenvalue weighted by molar-refractivity contribution is 5.85. The highest BCUT2D eigenvalue weighted by Crippen LogP contribution is 2.17. The second-order valence-electron chi connectivity index (χ2n) is 4.20. The molecule has 100 valence electrons. The van der Waals surface area contributed by atoms with Crippen LogP contribution in [-0.4, -0.2) is 33.0 Å². The maximum absolute atomic E-state index is 5.24. The molecule has 0 saturated carbocycles. The molecular weight excluding hydrogens is 254 g/mol. The standard InChI is InChI=1S/C11H17N5O.ClH/c1-7(12-3)6-10-13-11(17-15-10)9-5-8(2)14-16(9)4;/h5,7,12H,6H2,1-4H3;1H. The molecule has 0 amide bonds. The minimum absolute atomic E-state index is 0. The van der Waals surface area contributed by atoms with Crippen molar-refractivity contribution in [1.82, 2.24) is 25.2 Å². The fourth-order valence-corrected chi connectivity index (χ4v) is 1.63. The van der Waals surface area contributed by atoms with Gasteiger partial charge in [0.05, 0.1) is 5.69 Å². The van der Waals surface area contributed by atoms with E-state index >= 15 is 0 Å². The minimum Gasteiger partial charge on any atom is -0.332 e. The third-order valence-corrected chi connectivity index (χ3v) is 2.67. The van der Waals surface area contributed by atoms with Gasteiger partial charge in [0.1, 0.15) is 5.69 Å². The van der Waals surface area contributed by atoms with Crippen LogP contribution in [0.3, 0.4) is 0 Å². The van der Waals surface area contributed by atoms with E-state index in [9.17, 15) is 0 Å². The van der Waals surface area contributed by atoms with Crippen LogP contribution in [0.5, 0.6) is 0 Å². The zero-order valence-electron chi connectivity index (χ0n) is 11.0. The summed E-state index contributed by atoms with van der Waals surface area (Å²) in [6.07, 6.45) is 0.747. The smallest absolute Gasteiger partial charge is 0.276 e. The van der Waals surface area contributed by atoms with E-state index in [2.05, 4.69) is 27.5 Å². The second kappa shape index (κ2) is 5.97. The van der Waals surface area contributed by atoms with Crippen molar-refractivity contribution in [2.45, 2.75) is 26.3 Å². The second-order valence-corrected chi connectivity index (χ2v) is 4.20. The molecule has 2 heterocycles. The summed E-state index contributed by atoms with van der Waals surface area (Å²) < 4.78 is 6.98. The Bertz CT molecular complexity index is 507. The average Bonchev–Trinajstić information content (AvgIpc) is 2.85. The van der Waals surface area contributed by atoms with Gasteiger partial charge in [0.25, 0.3) is 5.89 Å². The quantitative estimate of drug-likeness (QED) is 0.909. The number of halogens is 1. The maximum atomic E-state index is 5.24. The first-order valence-corrected chi connectivity index (χ1v) is 5.61. The molecule has 0 radical (unpaired) electrons. The molecule has 0 aliphatic heterocycles. The van der Waals surface area contributed by atoms with Crippen molar-refractivity contribution in [1.29, 1.82) is 0 Å². The van der Waals surface area contributed by atoms with Crippen LogP contribution >= 0.6 is 12.4 Å². The van der Waals surface area contributed by atoms with E-state index in [0.717, 1.165) is 17.8 Å². The normalized spacial score (nSPS) is 12.2. The van der Waals surface area contributed by atoms with E-state index in [4.69, 9.17) is 4.52 Å². The van der Waals surface area contributed by atoms with Crippen LogP contribution in [0.4, 0.5) is 0 Å². The maximum Gasteiger partial charge on any atom is 0.276 e. The Kier molecular flexibility index (Phi) is 4.86.